The molecule has 4 aliphatic carbocycles. The summed E-state index contributed by atoms with van der Waals surface area (Å²) in [6.45, 7) is 13.0. The van der Waals surface area contributed by atoms with Crippen molar-refractivity contribution in [3.8, 4) is 0 Å². The zero-order chi connectivity index (χ0) is 20.8. The number of aliphatic hydroxyl groups excluding tert-OH is 1. The maximum atomic E-state index is 9.33. The first-order valence-corrected chi connectivity index (χ1v) is 13.1. The molecule has 4 rings (SSSR count). The van der Waals surface area contributed by atoms with Crippen LogP contribution in [-0.4, -0.2) is 11.7 Å². The van der Waals surface area contributed by atoms with E-state index >= 15 is 0 Å². The van der Waals surface area contributed by atoms with Crippen molar-refractivity contribution in [2.75, 3.05) is 6.61 Å². The minimum atomic E-state index is 0.354. The average molecular weight is 401 g/mol. The lowest BCUT2D eigenvalue weighted by atomic mass is 9.49. The Balaban J connectivity index is 1.50. The molecule has 0 heterocycles. The number of hydrogen-bond donors (Lipinski definition) is 1. The standard InChI is InChI=1S/C28H48O/c1-19(18-29)8-6-9-20(2)24-13-14-25-22-11-12-23-21(3)10-7-16-27(23,4)26(22)15-17-28(24,25)5/h19-21,23-25,29H,6-18H2,1-5H3/t19?,20-,21-,23?,24-,25+,27+,28-/m1/s1. The van der Waals surface area contributed by atoms with E-state index < -0.39 is 0 Å². The molecular weight excluding hydrogens is 352 g/mol. The zero-order valence-corrected chi connectivity index (χ0v) is 20.1. The van der Waals surface area contributed by atoms with Gasteiger partial charge in [0.15, 0.2) is 0 Å². The summed E-state index contributed by atoms with van der Waals surface area (Å²) in [4.78, 5) is 0. The topological polar surface area (TPSA) is 20.2 Å². The summed E-state index contributed by atoms with van der Waals surface area (Å²) in [7, 11) is 0. The van der Waals surface area contributed by atoms with Gasteiger partial charge >= 0.3 is 0 Å². The van der Waals surface area contributed by atoms with Crippen LogP contribution in [0.5, 0.6) is 0 Å². The van der Waals surface area contributed by atoms with Gasteiger partial charge in [0, 0.05) is 6.61 Å². The minimum absolute atomic E-state index is 0.354. The van der Waals surface area contributed by atoms with E-state index in [2.05, 4.69) is 34.6 Å². The van der Waals surface area contributed by atoms with E-state index in [1.807, 2.05) is 11.1 Å². The normalized spacial score (nSPS) is 44.1. The van der Waals surface area contributed by atoms with Crippen LogP contribution >= 0.6 is 0 Å². The van der Waals surface area contributed by atoms with Crippen molar-refractivity contribution >= 4 is 0 Å². The van der Waals surface area contributed by atoms with E-state index in [4.69, 9.17) is 0 Å². The summed E-state index contributed by atoms with van der Waals surface area (Å²) >= 11 is 0. The molecule has 0 bridgehead atoms. The Morgan fingerprint density at radius 3 is 2.55 bits per heavy atom. The van der Waals surface area contributed by atoms with Gasteiger partial charge in [-0.2, -0.15) is 0 Å². The second kappa shape index (κ2) is 8.33. The summed E-state index contributed by atoms with van der Waals surface area (Å²) in [5.74, 6) is 5.04. The van der Waals surface area contributed by atoms with Crippen LogP contribution in [-0.2, 0) is 0 Å². The molecule has 2 saturated carbocycles. The van der Waals surface area contributed by atoms with E-state index in [0.29, 0.717) is 23.4 Å². The summed E-state index contributed by atoms with van der Waals surface area (Å²) in [6, 6.07) is 0. The van der Waals surface area contributed by atoms with Crippen molar-refractivity contribution < 1.29 is 5.11 Å². The first-order chi connectivity index (χ1) is 13.8. The lowest BCUT2D eigenvalue weighted by Crippen LogP contribution is -2.45. The Morgan fingerprint density at radius 1 is 1.00 bits per heavy atom. The van der Waals surface area contributed by atoms with Crippen LogP contribution in [0.1, 0.15) is 112 Å². The highest BCUT2D eigenvalue weighted by atomic mass is 16.3. The fourth-order valence-electron chi connectivity index (χ4n) is 9.05. The van der Waals surface area contributed by atoms with Crippen LogP contribution < -0.4 is 0 Å². The first-order valence-electron chi connectivity index (χ1n) is 13.1. The van der Waals surface area contributed by atoms with E-state index in [1.54, 1.807) is 0 Å². The summed E-state index contributed by atoms with van der Waals surface area (Å²) in [5, 5.41) is 9.33. The van der Waals surface area contributed by atoms with Crippen LogP contribution in [0.25, 0.3) is 0 Å². The highest BCUT2D eigenvalue weighted by Crippen LogP contribution is 2.66. The van der Waals surface area contributed by atoms with Gasteiger partial charge < -0.3 is 5.11 Å². The van der Waals surface area contributed by atoms with Gasteiger partial charge in [-0.15, -0.1) is 0 Å². The molecule has 0 aromatic rings. The monoisotopic (exact) mass is 400 g/mol. The molecule has 0 amide bonds. The summed E-state index contributed by atoms with van der Waals surface area (Å²) < 4.78 is 0. The lowest BCUT2D eigenvalue weighted by molar-refractivity contribution is 0.0436. The van der Waals surface area contributed by atoms with Gasteiger partial charge in [0.25, 0.3) is 0 Å². The van der Waals surface area contributed by atoms with Crippen molar-refractivity contribution in [3.05, 3.63) is 11.1 Å². The molecule has 0 radical (unpaired) electrons. The number of allylic oxidation sites excluding steroid dienone is 2. The van der Waals surface area contributed by atoms with E-state index in [0.717, 1.165) is 29.6 Å². The third-order valence-electron chi connectivity index (χ3n) is 10.8. The third-order valence-corrected chi connectivity index (χ3v) is 10.8. The van der Waals surface area contributed by atoms with E-state index in [9.17, 15) is 5.11 Å². The smallest absolute Gasteiger partial charge is 0.0456 e. The maximum Gasteiger partial charge on any atom is 0.0456 e. The van der Waals surface area contributed by atoms with Crippen LogP contribution in [0.3, 0.4) is 0 Å². The zero-order valence-electron chi connectivity index (χ0n) is 20.1. The molecule has 1 nitrogen and oxygen atoms in total. The Labute approximate surface area is 181 Å². The number of hydrogen-bond acceptors (Lipinski definition) is 1. The Kier molecular flexibility index (Phi) is 6.29. The van der Waals surface area contributed by atoms with Crippen molar-refractivity contribution in [2.24, 2.45) is 46.3 Å². The van der Waals surface area contributed by atoms with Crippen LogP contribution in [0, 0.1) is 46.3 Å². The minimum Gasteiger partial charge on any atom is -0.396 e. The molecule has 166 valence electrons. The van der Waals surface area contributed by atoms with Gasteiger partial charge in [-0.3, -0.25) is 0 Å². The van der Waals surface area contributed by atoms with Crippen molar-refractivity contribution in [1.82, 2.24) is 0 Å². The Bertz CT molecular complexity index is 620. The number of rotatable bonds is 6. The second-order valence-corrected chi connectivity index (χ2v) is 12.4. The predicted octanol–water partition coefficient (Wildman–Crippen LogP) is 7.78. The number of fused-ring (bicyclic) bond motifs is 4. The van der Waals surface area contributed by atoms with Crippen LogP contribution in [0.2, 0.25) is 0 Å². The highest BCUT2D eigenvalue weighted by Gasteiger charge is 2.55. The van der Waals surface area contributed by atoms with Gasteiger partial charge in [-0.25, -0.2) is 0 Å². The average Bonchev–Trinajstić information content (AvgIpc) is 3.05. The summed E-state index contributed by atoms with van der Waals surface area (Å²) in [6.07, 6.45) is 16.9. The molecule has 0 spiro atoms. The van der Waals surface area contributed by atoms with Gasteiger partial charge in [0.1, 0.15) is 0 Å². The SMILES string of the molecule is CC(CO)CCC[C@@H](C)[C@H]1CC[C@H]2C3=C(CC[C@]12C)[C@@]1(C)CCC[C@@H](C)C1CC3. The molecule has 1 N–H and O–H groups in total. The maximum absolute atomic E-state index is 9.33. The van der Waals surface area contributed by atoms with Crippen LogP contribution in [0.4, 0.5) is 0 Å². The van der Waals surface area contributed by atoms with Crippen molar-refractivity contribution in [3.63, 3.8) is 0 Å². The largest absolute Gasteiger partial charge is 0.396 e. The molecule has 1 heteroatoms. The quantitative estimate of drug-likeness (QED) is 0.451. The Morgan fingerprint density at radius 2 is 1.79 bits per heavy atom. The van der Waals surface area contributed by atoms with E-state index in [-0.39, 0.29) is 0 Å². The highest BCUT2D eigenvalue weighted by molar-refractivity contribution is 5.34. The van der Waals surface area contributed by atoms with Gasteiger partial charge in [0.05, 0.1) is 0 Å². The predicted molar refractivity (Wildman–Crippen MR) is 124 cm³/mol. The molecule has 0 aliphatic heterocycles. The van der Waals surface area contributed by atoms with Crippen molar-refractivity contribution in [1.29, 1.82) is 0 Å². The third kappa shape index (κ3) is 3.66. The molecule has 8 atom stereocenters. The fraction of sp³-hybridized carbons (Fsp3) is 0.929. The fourth-order valence-corrected chi connectivity index (χ4v) is 9.05. The lowest BCUT2D eigenvalue weighted by Gasteiger charge is -2.56. The molecular formula is C28H48O. The molecule has 4 aliphatic rings. The summed E-state index contributed by atoms with van der Waals surface area (Å²) in [5.41, 5.74) is 5.03. The van der Waals surface area contributed by atoms with E-state index in [1.165, 1.54) is 77.0 Å². The molecule has 0 saturated heterocycles. The molecule has 0 aromatic carbocycles. The molecule has 2 fully saturated rings. The van der Waals surface area contributed by atoms with Gasteiger partial charge in [-0.05, 0) is 97.7 Å². The Hall–Kier alpha value is -0.300. The molecule has 0 aromatic heterocycles. The second-order valence-electron chi connectivity index (χ2n) is 12.4. The van der Waals surface area contributed by atoms with Crippen LogP contribution in [0.15, 0.2) is 11.1 Å². The van der Waals surface area contributed by atoms with Crippen molar-refractivity contribution in [2.45, 2.75) is 112 Å². The molecule has 2 unspecified atom stereocenters. The molecule has 29 heavy (non-hydrogen) atoms. The first kappa shape index (κ1) is 21.9. The van der Waals surface area contributed by atoms with Gasteiger partial charge in [0.2, 0.25) is 0 Å². The van der Waals surface area contributed by atoms with Gasteiger partial charge in [-0.1, -0.05) is 71.4 Å². The number of aliphatic hydroxyl groups is 1.